The van der Waals surface area contributed by atoms with E-state index in [1.54, 1.807) is 0 Å². The van der Waals surface area contributed by atoms with E-state index < -0.39 is 0 Å². The maximum absolute atomic E-state index is 11.6. The van der Waals surface area contributed by atoms with Crippen molar-refractivity contribution < 1.29 is 4.79 Å². The minimum absolute atomic E-state index is 0.148. The Kier molecular flexibility index (Phi) is 3.73. The summed E-state index contributed by atoms with van der Waals surface area (Å²) in [5.41, 5.74) is 0.970. The largest absolute Gasteiger partial charge is 0.341 e. The molecular weight excluding hydrogens is 256 g/mol. The number of aromatic amines is 1. The van der Waals surface area contributed by atoms with Gasteiger partial charge in [0.2, 0.25) is 11.9 Å². The average Bonchev–Trinajstić information content (AvgIpc) is 2.75. The number of nitrogens with one attached hydrogen (secondary N) is 3. The number of nitrogens with zero attached hydrogens (tertiary/aromatic N) is 3. The number of rotatable bonds is 4. The molecule has 0 aliphatic heterocycles. The van der Waals surface area contributed by atoms with Crippen molar-refractivity contribution in [3.63, 3.8) is 0 Å². The first-order valence-electron chi connectivity index (χ1n) is 5.46. The van der Waals surface area contributed by atoms with Crippen LogP contribution in [0.3, 0.4) is 0 Å². The summed E-state index contributed by atoms with van der Waals surface area (Å²) in [6, 6.07) is 0.231. The highest BCUT2D eigenvalue weighted by Crippen LogP contribution is 2.17. The van der Waals surface area contributed by atoms with E-state index in [1.807, 2.05) is 13.8 Å². The maximum Gasteiger partial charge on any atom is 0.240 e. The van der Waals surface area contributed by atoms with Gasteiger partial charge in [-0.1, -0.05) is 25.4 Å². The molecule has 0 unspecified atom stereocenters. The van der Waals surface area contributed by atoms with Crippen LogP contribution >= 0.6 is 11.6 Å². The van der Waals surface area contributed by atoms with Crippen LogP contribution in [-0.2, 0) is 4.79 Å². The van der Waals surface area contributed by atoms with Gasteiger partial charge in [0.25, 0.3) is 0 Å². The van der Waals surface area contributed by atoms with E-state index in [1.165, 1.54) is 6.33 Å². The summed E-state index contributed by atoms with van der Waals surface area (Å²) in [6.45, 7) is 4.10. The van der Waals surface area contributed by atoms with Crippen LogP contribution in [-0.4, -0.2) is 38.4 Å². The second-order valence-electron chi connectivity index (χ2n) is 4.02. The van der Waals surface area contributed by atoms with Crippen molar-refractivity contribution in [2.24, 2.45) is 0 Å². The van der Waals surface area contributed by atoms with Crippen molar-refractivity contribution >= 4 is 34.6 Å². The molecule has 0 aromatic carbocycles. The molecule has 0 atom stereocenters. The third-order valence-electron chi connectivity index (χ3n) is 2.16. The summed E-state index contributed by atoms with van der Waals surface area (Å²) in [4.78, 5) is 26.4. The van der Waals surface area contributed by atoms with Crippen LogP contribution in [0, 0.1) is 0 Å². The minimum Gasteiger partial charge on any atom is -0.341 e. The first kappa shape index (κ1) is 12.7. The molecule has 2 rings (SSSR count). The molecule has 0 saturated heterocycles. The van der Waals surface area contributed by atoms with E-state index in [2.05, 4.69) is 30.6 Å². The van der Waals surface area contributed by atoms with Crippen LogP contribution in [0.5, 0.6) is 0 Å². The fourth-order valence-corrected chi connectivity index (χ4v) is 1.54. The highest BCUT2D eigenvalue weighted by molar-refractivity contribution is 6.33. The normalized spacial score (nSPS) is 11.1. The molecule has 2 aromatic heterocycles. The lowest BCUT2D eigenvalue weighted by Crippen LogP contribution is -2.33. The number of H-pyrrole nitrogens is 1. The zero-order valence-electron chi connectivity index (χ0n) is 9.99. The molecule has 96 valence electrons. The van der Waals surface area contributed by atoms with Gasteiger partial charge in [0.15, 0.2) is 10.8 Å². The van der Waals surface area contributed by atoms with Gasteiger partial charge < -0.3 is 10.3 Å². The number of imidazole rings is 1. The number of anilines is 1. The Hall–Kier alpha value is -1.73. The van der Waals surface area contributed by atoms with Crippen LogP contribution in [0.1, 0.15) is 13.8 Å². The fraction of sp³-hybridized carbons (Fsp3) is 0.400. The number of carbonyl (C=O) groups is 1. The fourth-order valence-electron chi connectivity index (χ4n) is 1.32. The summed E-state index contributed by atoms with van der Waals surface area (Å²) in [7, 11) is 0. The van der Waals surface area contributed by atoms with Crippen molar-refractivity contribution in [2.75, 3.05) is 11.9 Å². The third-order valence-corrected chi connectivity index (χ3v) is 2.44. The lowest BCUT2D eigenvalue weighted by molar-refractivity contribution is -0.115. The lowest BCUT2D eigenvalue weighted by atomic mass is 10.4. The monoisotopic (exact) mass is 268 g/mol. The maximum atomic E-state index is 11.6. The quantitative estimate of drug-likeness (QED) is 0.718. The number of aromatic nitrogens is 4. The second kappa shape index (κ2) is 5.28. The van der Waals surface area contributed by atoms with E-state index in [4.69, 9.17) is 11.6 Å². The van der Waals surface area contributed by atoms with Crippen molar-refractivity contribution in [3.8, 4) is 0 Å². The van der Waals surface area contributed by atoms with E-state index in [9.17, 15) is 4.79 Å². The summed E-state index contributed by atoms with van der Waals surface area (Å²) in [5.74, 6) is -0.0789. The van der Waals surface area contributed by atoms with Crippen molar-refractivity contribution in [3.05, 3.63) is 11.5 Å². The van der Waals surface area contributed by atoms with Gasteiger partial charge in [0, 0.05) is 6.04 Å². The number of hydrogen-bond donors (Lipinski definition) is 3. The molecule has 0 fully saturated rings. The summed E-state index contributed by atoms with van der Waals surface area (Å²) in [5, 5.41) is 5.77. The SMILES string of the molecule is CC(C)NCC(=O)Nc1nc(Cl)c2[nH]cnc2n1. The van der Waals surface area contributed by atoms with Gasteiger partial charge >= 0.3 is 0 Å². The van der Waals surface area contributed by atoms with Crippen molar-refractivity contribution in [1.29, 1.82) is 0 Å². The van der Waals surface area contributed by atoms with Crippen molar-refractivity contribution in [2.45, 2.75) is 19.9 Å². The Balaban J connectivity index is 2.09. The van der Waals surface area contributed by atoms with Gasteiger partial charge in [-0.3, -0.25) is 10.1 Å². The van der Waals surface area contributed by atoms with Crippen LogP contribution < -0.4 is 10.6 Å². The summed E-state index contributed by atoms with van der Waals surface area (Å²) < 4.78 is 0. The van der Waals surface area contributed by atoms with Crippen LogP contribution in [0.25, 0.3) is 11.2 Å². The van der Waals surface area contributed by atoms with Gasteiger partial charge in [0.1, 0.15) is 5.52 Å². The highest BCUT2D eigenvalue weighted by Gasteiger charge is 2.10. The van der Waals surface area contributed by atoms with E-state index in [0.29, 0.717) is 11.2 Å². The smallest absolute Gasteiger partial charge is 0.240 e. The Morgan fingerprint density at radius 3 is 3.00 bits per heavy atom. The number of halogens is 1. The highest BCUT2D eigenvalue weighted by atomic mass is 35.5. The molecule has 1 amide bonds. The topological polar surface area (TPSA) is 95.6 Å². The molecule has 0 aliphatic carbocycles. The zero-order chi connectivity index (χ0) is 13.1. The molecule has 8 heteroatoms. The molecule has 3 N–H and O–H groups in total. The molecule has 0 saturated carbocycles. The van der Waals surface area contributed by atoms with Crippen LogP contribution in [0.4, 0.5) is 5.95 Å². The molecular formula is C10H13ClN6O. The predicted octanol–water partition coefficient (Wildman–Crippen LogP) is 0.943. The standard InChI is InChI=1S/C10H13ClN6O/c1-5(2)12-3-6(18)15-10-16-8(11)7-9(17-10)14-4-13-7/h4-5,12H,3H2,1-2H3,(H2,13,14,15,16,17,18). The van der Waals surface area contributed by atoms with Crippen LogP contribution in [0.2, 0.25) is 5.15 Å². The Morgan fingerprint density at radius 2 is 2.28 bits per heavy atom. The number of amides is 1. The number of carbonyl (C=O) groups excluding carboxylic acids is 1. The zero-order valence-corrected chi connectivity index (χ0v) is 10.7. The number of fused-ring (bicyclic) bond motifs is 1. The van der Waals surface area contributed by atoms with Gasteiger partial charge in [-0.05, 0) is 0 Å². The third kappa shape index (κ3) is 2.93. The Bertz CT molecular complexity index is 566. The molecule has 7 nitrogen and oxygen atoms in total. The molecule has 0 spiro atoms. The lowest BCUT2D eigenvalue weighted by Gasteiger charge is -2.07. The average molecular weight is 269 g/mol. The van der Waals surface area contributed by atoms with Crippen LogP contribution in [0.15, 0.2) is 6.33 Å². The molecule has 0 bridgehead atoms. The molecule has 2 heterocycles. The molecule has 0 radical (unpaired) electrons. The van der Waals surface area contributed by atoms with Gasteiger partial charge in [-0.15, -0.1) is 0 Å². The predicted molar refractivity (Wildman–Crippen MR) is 68.5 cm³/mol. The molecule has 2 aromatic rings. The number of hydrogen-bond acceptors (Lipinski definition) is 5. The second-order valence-corrected chi connectivity index (χ2v) is 4.38. The van der Waals surface area contributed by atoms with E-state index in [0.717, 1.165) is 0 Å². The van der Waals surface area contributed by atoms with Gasteiger partial charge in [-0.25, -0.2) is 4.98 Å². The van der Waals surface area contributed by atoms with Gasteiger partial charge in [0.05, 0.1) is 12.9 Å². The molecule has 18 heavy (non-hydrogen) atoms. The van der Waals surface area contributed by atoms with Crippen molar-refractivity contribution in [1.82, 2.24) is 25.3 Å². The van der Waals surface area contributed by atoms with E-state index in [-0.39, 0.29) is 29.6 Å². The Morgan fingerprint density at radius 1 is 1.50 bits per heavy atom. The first-order valence-corrected chi connectivity index (χ1v) is 5.84. The summed E-state index contributed by atoms with van der Waals surface area (Å²) in [6.07, 6.45) is 1.47. The van der Waals surface area contributed by atoms with E-state index >= 15 is 0 Å². The van der Waals surface area contributed by atoms with Gasteiger partial charge in [-0.2, -0.15) is 9.97 Å². The first-order chi connectivity index (χ1) is 8.56. The molecule has 0 aliphatic rings. The Labute approximate surface area is 108 Å². The summed E-state index contributed by atoms with van der Waals surface area (Å²) >= 11 is 5.93. The minimum atomic E-state index is -0.227.